The molecule has 1 fully saturated rings. The van der Waals surface area contributed by atoms with E-state index in [1.54, 1.807) is 29.0 Å². The molecule has 0 radical (unpaired) electrons. The van der Waals surface area contributed by atoms with E-state index >= 15 is 0 Å². The van der Waals surface area contributed by atoms with Gasteiger partial charge in [-0.15, -0.1) is 0 Å². The fourth-order valence-electron chi connectivity index (χ4n) is 2.99. The molecule has 0 saturated carbocycles. The number of hydrogen-bond donors (Lipinski definition) is 0. The third-order valence-electron chi connectivity index (χ3n) is 4.25. The van der Waals surface area contributed by atoms with E-state index in [0.29, 0.717) is 18.8 Å². The van der Waals surface area contributed by atoms with Gasteiger partial charge in [-0.3, -0.25) is 9.59 Å². The van der Waals surface area contributed by atoms with Crippen molar-refractivity contribution >= 4 is 17.5 Å². The molecule has 2 aromatic carbocycles. The molecule has 2 amide bonds. The van der Waals surface area contributed by atoms with E-state index in [-0.39, 0.29) is 30.0 Å². The Morgan fingerprint density at radius 1 is 1.17 bits per heavy atom. The van der Waals surface area contributed by atoms with Crippen LogP contribution in [0.2, 0.25) is 0 Å². The van der Waals surface area contributed by atoms with E-state index in [1.165, 1.54) is 12.1 Å². The molecule has 0 bridgehead atoms. The number of rotatable bonds is 4. The second-order valence-electron chi connectivity index (χ2n) is 6.06. The van der Waals surface area contributed by atoms with Gasteiger partial charge in [0.1, 0.15) is 5.82 Å². The largest absolute Gasteiger partial charge is 0.341 e. The molecule has 1 aliphatic heterocycles. The van der Waals surface area contributed by atoms with Crippen LogP contribution in [0.1, 0.15) is 12.0 Å². The van der Waals surface area contributed by atoms with Crippen molar-refractivity contribution in [3.05, 3.63) is 66.0 Å². The highest BCUT2D eigenvalue weighted by molar-refractivity contribution is 6.00. The maximum atomic E-state index is 13.0. The molecule has 24 heavy (non-hydrogen) atoms. The predicted octanol–water partition coefficient (Wildman–Crippen LogP) is 2.84. The number of hydrogen-bond acceptors (Lipinski definition) is 2. The number of halogens is 1. The van der Waals surface area contributed by atoms with Gasteiger partial charge in [0.2, 0.25) is 11.8 Å². The van der Waals surface area contributed by atoms with E-state index in [2.05, 4.69) is 0 Å². The average Bonchev–Trinajstić information content (AvgIpc) is 2.97. The summed E-state index contributed by atoms with van der Waals surface area (Å²) in [6.45, 7) is 0.851. The van der Waals surface area contributed by atoms with Crippen LogP contribution in [0.3, 0.4) is 0 Å². The number of benzene rings is 2. The van der Waals surface area contributed by atoms with Crippen molar-refractivity contribution in [2.24, 2.45) is 5.92 Å². The standard InChI is InChI=1S/C19H19FN2O2/c1-21(12-14-5-3-2-4-6-14)19(24)15-11-18(23)22(13-15)17-9-7-16(20)8-10-17/h2-10,15H,11-13H2,1H3. The molecule has 1 unspecified atom stereocenters. The zero-order valence-electron chi connectivity index (χ0n) is 13.5. The summed E-state index contributed by atoms with van der Waals surface area (Å²) < 4.78 is 13.0. The lowest BCUT2D eigenvalue weighted by atomic mass is 10.1. The quantitative estimate of drug-likeness (QED) is 0.867. The van der Waals surface area contributed by atoms with Gasteiger partial charge < -0.3 is 9.80 Å². The van der Waals surface area contributed by atoms with Crippen LogP contribution in [0, 0.1) is 11.7 Å². The summed E-state index contributed by atoms with van der Waals surface area (Å²) in [5.41, 5.74) is 1.68. The Hall–Kier alpha value is -2.69. The number of nitrogens with zero attached hydrogens (tertiary/aromatic N) is 2. The molecule has 124 valence electrons. The zero-order valence-corrected chi connectivity index (χ0v) is 13.5. The summed E-state index contributed by atoms with van der Waals surface area (Å²) in [7, 11) is 1.75. The van der Waals surface area contributed by atoms with E-state index in [4.69, 9.17) is 0 Å². The van der Waals surface area contributed by atoms with E-state index in [0.717, 1.165) is 5.56 Å². The van der Waals surface area contributed by atoms with Crippen LogP contribution in [0.5, 0.6) is 0 Å². The van der Waals surface area contributed by atoms with Crippen molar-refractivity contribution in [3.8, 4) is 0 Å². The SMILES string of the molecule is CN(Cc1ccccc1)C(=O)C1CC(=O)N(c2ccc(F)cc2)C1. The molecule has 0 aromatic heterocycles. The highest BCUT2D eigenvalue weighted by Gasteiger charge is 2.36. The molecule has 0 spiro atoms. The third kappa shape index (κ3) is 3.45. The Balaban J connectivity index is 1.66. The van der Waals surface area contributed by atoms with Crippen molar-refractivity contribution in [3.63, 3.8) is 0 Å². The van der Waals surface area contributed by atoms with E-state index in [1.807, 2.05) is 30.3 Å². The first kappa shape index (κ1) is 16.2. The van der Waals surface area contributed by atoms with Crippen LogP contribution < -0.4 is 4.90 Å². The van der Waals surface area contributed by atoms with Gasteiger partial charge in [-0.25, -0.2) is 4.39 Å². The molecule has 1 heterocycles. The minimum absolute atomic E-state index is 0.0446. The summed E-state index contributed by atoms with van der Waals surface area (Å²) in [6.07, 6.45) is 0.190. The Labute approximate surface area is 140 Å². The summed E-state index contributed by atoms with van der Waals surface area (Å²) in [4.78, 5) is 28.0. The molecule has 3 rings (SSSR count). The molecule has 1 atom stereocenters. The van der Waals surface area contributed by atoms with Crippen LogP contribution >= 0.6 is 0 Å². The smallest absolute Gasteiger partial charge is 0.228 e. The van der Waals surface area contributed by atoms with Crippen LogP contribution in [0.15, 0.2) is 54.6 Å². The number of anilines is 1. The van der Waals surface area contributed by atoms with Gasteiger partial charge in [0.15, 0.2) is 0 Å². The van der Waals surface area contributed by atoms with Crippen LogP contribution in [0.4, 0.5) is 10.1 Å². The lowest BCUT2D eigenvalue weighted by molar-refractivity contribution is -0.135. The normalized spacial score (nSPS) is 17.2. The van der Waals surface area contributed by atoms with E-state index < -0.39 is 0 Å². The third-order valence-corrected chi connectivity index (χ3v) is 4.25. The second kappa shape index (κ2) is 6.83. The summed E-state index contributed by atoms with van der Waals surface area (Å²) >= 11 is 0. The predicted molar refractivity (Wildman–Crippen MR) is 89.8 cm³/mol. The van der Waals surface area contributed by atoms with Crippen molar-refractivity contribution in [1.29, 1.82) is 0 Å². The van der Waals surface area contributed by atoms with Crippen molar-refractivity contribution in [1.82, 2.24) is 4.90 Å². The summed E-state index contributed by atoms with van der Waals surface area (Å²) in [5.74, 6) is -0.859. The molecular weight excluding hydrogens is 307 g/mol. The van der Waals surface area contributed by atoms with Crippen molar-refractivity contribution < 1.29 is 14.0 Å². The molecule has 2 aromatic rings. The first-order chi connectivity index (χ1) is 11.5. The minimum atomic E-state index is -0.365. The first-order valence-corrected chi connectivity index (χ1v) is 7.89. The number of amides is 2. The molecule has 1 aliphatic rings. The lowest BCUT2D eigenvalue weighted by Gasteiger charge is -2.21. The highest BCUT2D eigenvalue weighted by Crippen LogP contribution is 2.26. The fraction of sp³-hybridized carbons (Fsp3) is 0.263. The monoisotopic (exact) mass is 326 g/mol. The molecule has 5 heteroatoms. The molecule has 1 saturated heterocycles. The summed E-state index contributed by atoms with van der Waals surface area (Å²) in [5, 5.41) is 0. The van der Waals surface area contributed by atoms with Gasteiger partial charge in [0.25, 0.3) is 0 Å². The van der Waals surface area contributed by atoms with Gasteiger partial charge in [-0.1, -0.05) is 30.3 Å². The molecular formula is C19H19FN2O2. The topological polar surface area (TPSA) is 40.6 Å². The van der Waals surface area contributed by atoms with Crippen molar-refractivity contribution in [2.75, 3.05) is 18.5 Å². The molecule has 4 nitrogen and oxygen atoms in total. The van der Waals surface area contributed by atoms with Gasteiger partial charge in [0.05, 0.1) is 5.92 Å². The highest BCUT2D eigenvalue weighted by atomic mass is 19.1. The zero-order chi connectivity index (χ0) is 17.1. The fourth-order valence-corrected chi connectivity index (χ4v) is 2.99. The second-order valence-corrected chi connectivity index (χ2v) is 6.06. The van der Waals surface area contributed by atoms with Crippen LogP contribution in [-0.2, 0) is 16.1 Å². The van der Waals surface area contributed by atoms with Crippen LogP contribution in [0.25, 0.3) is 0 Å². The minimum Gasteiger partial charge on any atom is -0.341 e. The number of carbonyl (C=O) groups is 2. The van der Waals surface area contributed by atoms with Gasteiger partial charge >= 0.3 is 0 Å². The van der Waals surface area contributed by atoms with Gasteiger partial charge in [-0.05, 0) is 29.8 Å². The number of carbonyl (C=O) groups excluding carboxylic acids is 2. The first-order valence-electron chi connectivity index (χ1n) is 7.89. The Morgan fingerprint density at radius 3 is 2.50 bits per heavy atom. The maximum Gasteiger partial charge on any atom is 0.228 e. The van der Waals surface area contributed by atoms with E-state index in [9.17, 15) is 14.0 Å². The molecule has 0 aliphatic carbocycles. The Kier molecular flexibility index (Phi) is 4.60. The lowest BCUT2D eigenvalue weighted by Crippen LogP contribution is -2.34. The van der Waals surface area contributed by atoms with Crippen molar-refractivity contribution in [2.45, 2.75) is 13.0 Å². The van der Waals surface area contributed by atoms with Gasteiger partial charge in [-0.2, -0.15) is 0 Å². The average molecular weight is 326 g/mol. The Morgan fingerprint density at radius 2 is 1.83 bits per heavy atom. The summed E-state index contributed by atoms with van der Waals surface area (Å²) in [6, 6.07) is 15.5. The molecule has 0 N–H and O–H groups in total. The Bertz CT molecular complexity index is 731. The van der Waals surface area contributed by atoms with Gasteiger partial charge in [0, 0.05) is 32.2 Å². The maximum absolute atomic E-state index is 13.0. The van der Waals surface area contributed by atoms with Crippen LogP contribution in [-0.4, -0.2) is 30.3 Å².